The van der Waals surface area contributed by atoms with Crippen molar-refractivity contribution < 1.29 is 19.2 Å². The Kier molecular flexibility index (Phi) is 4.46. The van der Waals surface area contributed by atoms with Crippen molar-refractivity contribution in [2.24, 2.45) is 16.0 Å². The molecule has 0 radical (unpaired) electrons. The van der Waals surface area contributed by atoms with Crippen LogP contribution in [0.1, 0.15) is 26.7 Å². The van der Waals surface area contributed by atoms with Crippen molar-refractivity contribution in [2.45, 2.75) is 26.7 Å². The molecule has 2 aliphatic heterocycles. The van der Waals surface area contributed by atoms with Gasteiger partial charge in [-0.05, 0) is 19.9 Å². The highest BCUT2D eigenvalue weighted by Crippen LogP contribution is 2.15. The molecule has 0 aliphatic carbocycles. The van der Waals surface area contributed by atoms with E-state index >= 15 is 0 Å². The third kappa shape index (κ3) is 3.74. The fourth-order valence-electron chi connectivity index (χ4n) is 1.73. The van der Waals surface area contributed by atoms with Gasteiger partial charge in [-0.2, -0.15) is 5.10 Å². The van der Waals surface area contributed by atoms with Crippen molar-refractivity contribution in [3.05, 3.63) is 12.2 Å². The van der Waals surface area contributed by atoms with Gasteiger partial charge in [-0.15, -0.1) is 5.06 Å². The summed E-state index contributed by atoms with van der Waals surface area (Å²) in [4.78, 5) is 43.6. The van der Waals surface area contributed by atoms with Gasteiger partial charge < -0.3 is 4.84 Å². The molecule has 2 heterocycles. The van der Waals surface area contributed by atoms with E-state index in [2.05, 4.69) is 15.5 Å². The van der Waals surface area contributed by atoms with Gasteiger partial charge in [0.1, 0.15) is 5.84 Å². The van der Waals surface area contributed by atoms with Gasteiger partial charge in [0.15, 0.2) is 0 Å². The van der Waals surface area contributed by atoms with Crippen LogP contribution in [0.25, 0.3) is 0 Å². The number of amidine groups is 1. The van der Waals surface area contributed by atoms with Crippen LogP contribution in [0, 0.1) is 5.92 Å². The number of rotatable bonds is 3. The van der Waals surface area contributed by atoms with Crippen molar-refractivity contribution in [2.75, 3.05) is 6.54 Å². The van der Waals surface area contributed by atoms with Crippen LogP contribution in [-0.2, 0) is 19.2 Å². The molecule has 8 heteroatoms. The van der Waals surface area contributed by atoms with Crippen LogP contribution in [0.15, 0.2) is 22.2 Å². The summed E-state index contributed by atoms with van der Waals surface area (Å²) in [7, 11) is 0. The third-order valence-electron chi connectivity index (χ3n) is 2.83. The van der Waals surface area contributed by atoms with Crippen molar-refractivity contribution in [3.8, 4) is 0 Å². The largest absolute Gasteiger partial charge is 0.341 e. The van der Waals surface area contributed by atoms with Crippen molar-refractivity contribution in [1.82, 2.24) is 10.5 Å². The number of hydrogen-bond donors (Lipinski definition) is 1. The highest BCUT2D eigenvalue weighted by Gasteiger charge is 2.34. The number of amides is 2. The van der Waals surface area contributed by atoms with Gasteiger partial charge in [-0.25, -0.2) is 4.79 Å². The normalized spacial score (nSPS) is 21.1. The number of nitrogens with zero attached hydrogens (tertiary/aromatic N) is 3. The Morgan fingerprint density at radius 2 is 2.05 bits per heavy atom. The Bertz CT molecular complexity index is 545. The van der Waals surface area contributed by atoms with E-state index in [-0.39, 0.29) is 19.4 Å². The lowest BCUT2D eigenvalue weighted by molar-refractivity contribution is -0.199. The molecular weight excluding hydrogens is 276 g/mol. The predicted octanol–water partition coefficient (Wildman–Crippen LogP) is 0.163. The van der Waals surface area contributed by atoms with Gasteiger partial charge in [0.25, 0.3) is 11.8 Å². The van der Waals surface area contributed by atoms with Crippen LogP contribution >= 0.6 is 0 Å². The molecule has 1 saturated heterocycles. The number of dihydropyridines is 1. The molecule has 21 heavy (non-hydrogen) atoms. The first-order valence-electron chi connectivity index (χ1n) is 6.54. The summed E-state index contributed by atoms with van der Waals surface area (Å²) >= 11 is 0. The molecule has 0 aromatic heterocycles. The van der Waals surface area contributed by atoms with E-state index < -0.39 is 23.7 Å². The summed E-state index contributed by atoms with van der Waals surface area (Å²) in [5, 5.41) is 4.53. The summed E-state index contributed by atoms with van der Waals surface area (Å²) in [5.74, 6) is -1.75. The number of nitrogens with one attached hydrogen (secondary N) is 1. The maximum absolute atomic E-state index is 11.9. The highest BCUT2D eigenvalue weighted by molar-refractivity contribution is 6.02. The summed E-state index contributed by atoms with van der Waals surface area (Å²) in [6, 6.07) is 0. The van der Waals surface area contributed by atoms with E-state index in [0.717, 1.165) is 5.71 Å². The molecule has 0 saturated carbocycles. The maximum atomic E-state index is 11.9. The van der Waals surface area contributed by atoms with Gasteiger partial charge in [0, 0.05) is 18.6 Å². The molecular formula is C13H16N4O4. The standard InChI is InChI=1S/C13H16N4O4/c1-8(2)15-16-10-4-3-9(7-14-10)13(20)21-17-11(18)5-6-12(17)19/h3-4,9H,5-7H2,1-2H3,(H,14,16). The van der Waals surface area contributed by atoms with Crippen molar-refractivity contribution in [3.63, 3.8) is 0 Å². The number of hydrazone groups is 1. The van der Waals surface area contributed by atoms with Gasteiger partial charge in [-0.1, -0.05) is 6.08 Å². The number of aliphatic imine (C=N–C) groups is 1. The second-order valence-corrected chi connectivity index (χ2v) is 4.85. The highest BCUT2D eigenvalue weighted by atomic mass is 16.7. The lowest BCUT2D eigenvalue weighted by Crippen LogP contribution is -2.36. The second-order valence-electron chi connectivity index (χ2n) is 4.85. The third-order valence-corrected chi connectivity index (χ3v) is 2.83. The average molecular weight is 292 g/mol. The van der Waals surface area contributed by atoms with Crippen LogP contribution in [0.5, 0.6) is 0 Å². The number of hydrogen-bond acceptors (Lipinski definition) is 7. The van der Waals surface area contributed by atoms with E-state index in [4.69, 9.17) is 4.84 Å². The monoisotopic (exact) mass is 292 g/mol. The Labute approximate surface area is 121 Å². The second kappa shape index (κ2) is 6.29. The van der Waals surface area contributed by atoms with Crippen LogP contribution in [0.4, 0.5) is 0 Å². The van der Waals surface area contributed by atoms with Gasteiger partial charge in [0.2, 0.25) is 0 Å². The molecule has 8 nitrogen and oxygen atoms in total. The minimum Gasteiger partial charge on any atom is -0.330 e. The molecule has 1 atom stereocenters. The van der Waals surface area contributed by atoms with E-state index in [0.29, 0.717) is 10.9 Å². The first-order valence-corrected chi connectivity index (χ1v) is 6.54. The van der Waals surface area contributed by atoms with Crippen LogP contribution in [0.3, 0.4) is 0 Å². The van der Waals surface area contributed by atoms with Crippen molar-refractivity contribution >= 4 is 29.3 Å². The van der Waals surface area contributed by atoms with Crippen LogP contribution in [0.2, 0.25) is 0 Å². The molecule has 1 fully saturated rings. The van der Waals surface area contributed by atoms with Gasteiger partial charge >= 0.3 is 5.97 Å². The molecule has 1 unspecified atom stereocenters. The summed E-state index contributed by atoms with van der Waals surface area (Å²) < 4.78 is 0. The number of imide groups is 1. The van der Waals surface area contributed by atoms with Crippen molar-refractivity contribution in [1.29, 1.82) is 0 Å². The Morgan fingerprint density at radius 3 is 2.57 bits per heavy atom. The minimum absolute atomic E-state index is 0.0766. The summed E-state index contributed by atoms with van der Waals surface area (Å²) in [5.41, 5.74) is 3.59. The number of hydroxylamine groups is 2. The molecule has 2 amide bonds. The Balaban J connectivity index is 1.89. The molecule has 0 spiro atoms. The summed E-state index contributed by atoms with van der Waals surface area (Å²) in [6.07, 6.45) is 3.36. The molecule has 2 aliphatic rings. The quantitative estimate of drug-likeness (QED) is 0.454. The lowest BCUT2D eigenvalue weighted by atomic mass is 10.1. The Hall–Kier alpha value is -2.51. The zero-order valence-corrected chi connectivity index (χ0v) is 11.8. The molecule has 1 N–H and O–H groups in total. The molecule has 112 valence electrons. The van der Waals surface area contributed by atoms with E-state index in [1.54, 1.807) is 12.2 Å². The summed E-state index contributed by atoms with van der Waals surface area (Å²) in [6.45, 7) is 3.85. The molecule has 0 aromatic carbocycles. The van der Waals surface area contributed by atoms with E-state index in [1.807, 2.05) is 13.8 Å². The van der Waals surface area contributed by atoms with Crippen LogP contribution < -0.4 is 5.43 Å². The number of carbonyl (C=O) groups excluding carboxylic acids is 3. The Morgan fingerprint density at radius 1 is 1.38 bits per heavy atom. The topological polar surface area (TPSA) is 100 Å². The first-order chi connectivity index (χ1) is 9.97. The van der Waals surface area contributed by atoms with Crippen LogP contribution in [-0.4, -0.2) is 40.9 Å². The number of carbonyl (C=O) groups is 3. The van der Waals surface area contributed by atoms with Gasteiger partial charge in [0.05, 0.1) is 12.5 Å². The molecule has 0 bridgehead atoms. The fraction of sp³-hybridized carbons (Fsp3) is 0.462. The maximum Gasteiger partial charge on any atom is 0.341 e. The smallest absolute Gasteiger partial charge is 0.330 e. The molecule has 2 rings (SSSR count). The lowest BCUT2D eigenvalue weighted by Gasteiger charge is -2.17. The average Bonchev–Trinajstić information content (AvgIpc) is 2.77. The fourth-order valence-corrected chi connectivity index (χ4v) is 1.73. The SMILES string of the molecule is CC(C)=NNC1=NCC(C(=O)ON2C(=O)CCC2=O)C=C1. The molecule has 0 aromatic rings. The predicted molar refractivity (Wildman–Crippen MR) is 74.0 cm³/mol. The van der Waals surface area contributed by atoms with E-state index in [9.17, 15) is 14.4 Å². The first kappa shape index (κ1) is 14.9. The minimum atomic E-state index is -0.673. The van der Waals surface area contributed by atoms with Gasteiger partial charge in [-0.3, -0.25) is 20.0 Å². The van der Waals surface area contributed by atoms with E-state index in [1.165, 1.54) is 0 Å². The zero-order chi connectivity index (χ0) is 15.4. The zero-order valence-electron chi connectivity index (χ0n) is 11.8.